The molecule has 0 fully saturated rings. The molecule has 8 aromatic rings. The molecule has 0 radical (unpaired) electrons. The van der Waals surface area contributed by atoms with E-state index in [-0.39, 0.29) is 12.4 Å². The summed E-state index contributed by atoms with van der Waals surface area (Å²) in [4.78, 5) is 14.4. The standard InChI is InChI=1S/C44H36BN5O/c1-44(2,3)31-25-27-47-43(28-31)48-38-19-11-10-18-36(38)37-23-21-34(29-40(37)48)51-35-22-24-39-41(30-35)50(42-20-12-13-26-46-42)45(32-14-6-4-7-15-32)49(39)33-16-8-5-9-17-33/h4-30H,1-3H3. The van der Waals surface area contributed by atoms with E-state index in [4.69, 9.17) is 14.7 Å². The highest BCUT2D eigenvalue weighted by molar-refractivity contribution is 6.84. The van der Waals surface area contributed by atoms with Gasteiger partial charge in [-0.2, -0.15) is 0 Å². The minimum atomic E-state index is -0.155. The first kappa shape index (κ1) is 30.7. The van der Waals surface area contributed by atoms with Crippen LogP contribution in [0.3, 0.4) is 0 Å². The number of fused-ring (bicyclic) bond motifs is 4. The third-order valence-electron chi connectivity index (χ3n) is 9.70. The normalized spacial score (nSPS) is 12.9. The van der Waals surface area contributed by atoms with Crippen molar-refractivity contribution >= 4 is 57.1 Å². The Balaban J connectivity index is 1.17. The smallest absolute Gasteiger partial charge is 0.421 e. The van der Waals surface area contributed by atoms with E-state index in [1.165, 1.54) is 10.9 Å². The van der Waals surface area contributed by atoms with Crippen molar-refractivity contribution in [2.75, 3.05) is 9.62 Å². The predicted molar refractivity (Wildman–Crippen MR) is 211 cm³/mol. The van der Waals surface area contributed by atoms with Gasteiger partial charge in [0.05, 0.1) is 22.4 Å². The quantitative estimate of drug-likeness (QED) is 0.166. The fraction of sp³-hybridized carbons (Fsp3) is 0.0909. The SMILES string of the molecule is CC(C)(C)c1ccnc(-n2c3ccccc3c3ccc(Oc4ccc5c(c4)N(c4ccccn4)B(c4ccccc4)N5c4ccccc4)cc32)c1. The van der Waals surface area contributed by atoms with Gasteiger partial charge in [0.15, 0.2) is 0 Å². The van der Waals surface area contributed by atoms with E-state index in [2.05, 4.69) is 174 Å². The summed E-state index contributed by atoms with van der Waals surface area (Å²) in [7, 11) is 0. The van der Waals surface area contributed by atoms with Crippen molar-refractivity contribution in [1.29, 1.82) is 0 Å². The second kappa shape index (κ2) is 12.2. The molecule has 0 saturated heterocycles. The van der Waals surface area contributed by atoms with E-state index >= 15 is 0 Å². The van der Waals surface area contributed by atoms with Gasteiger partial charge in [-0.15, -0.1) is 0 Å². The summed E-state index contributed by atoms with van der Waals surface area (Å²) in [5, 5.41) is 2.33. The van der Waals surface area contributed by atoms with Crippen LogP contribution >= 0.6 is 0 Å². The van der Waals surface area contributed by atoms with Gasteiger partial charge in [-0.25, -0.2) is 9.97 Å². The van der Waals surface area contributed by atoms with Gasteiger partial charge in [-0.1, -0.05) is 93.6 Å². The van der Waals surface area contributed by atoms with Crippen molar-refractivity contribution in [3.63, 3.8) is 0 Å². The Morgan fingerprint density at radius 3 is 2.00 bits per heavy atom. The van der Waals surface area contributed by atoms with Crippen LogP contribution in [0.1, 0.15) is 26.3 Å². The first-order valence-electron chi connectivity index (χ1n) is 17.4. The molecule has 0 saturated carbocycles. The van der Waals surface area contributed by atoms with Gasteiger partial charge in [0.2, 0.25) is 0 Å². The summed E-state index contributed by atoms with van der Waals surface area (Å²) in [6, 6.07) is 52.7. The summed E-state index contributed by atoms with van der Waals surface area (Å²) in [5.74, 6) is 3.24. The molecule has 51 heavy (non-hydrogen) atoms. The summed E-state index contributed by atoms with van der Waals surface area (Å²) in [5.41, 5.74) is 7.74. The Labute approximate surface area is 298 Å². The third kappa shape index (κ3) is 5.38. The number of hydrogen-bond acceptors (Lipinski definition) is 5. The van der Waals surface area contributed by atoms with E-state index in [0.29, 0.717) is 0 Å². The zero-order chi connectivity index (χ0) is 34.5. The van der Waals surface area contributed by atoms with E-state index in [1.807, 2.05) is 24.5 Å². The molecule has 0 unspecified atom stereocenters. The molecule has 246 valence electrons. The molecule has 6 nitrogen and oxygen atoms in total. The Bertz CT molecular complexity index is 2510. The van der Waals surface area contributed by atoms with Crippen molar-refractivity contribution < 1.29 is 4.74 Å². The lowest BCUT2D eigenvalue weighted by Gasteiger charge is -2.29. The molecular weight excluding hydrogens is 625 g/mol. The first-order valence-corrected chi connectivity index (χ1v) is 17.4. The Hall–Kier alpha value is -6.34. The number of rotatable bonds is 6. The molecule has 0 aliphatic carbocycles. The Kier molecular flexibility index (Phi) is 7.35. The zero-order valence-corrected chi connectivity index (χ0v) is 28.8. The number of para-hydroxylation sites is 2. The summed E-state index contributed by atoms with van der Waals surface area (Å²) in [6.45, 7) is 6.54. The molecule has 0 N–H and O–H groups in total. The molecule has 0 bridgehead atoms. The van der Waals surface area contributed by atoms with Crippen molar-refractivity contribution in [3.05, 3.63) is 170 Å². The van der Waals surface area contributed by atoms with Crippen LogP contribution in [0, 0.1) is 0 Å². The molecular formula is C44H36BN5O. The molecule has 0 amide bonds. The van der Waals surface area contributed by atoms with Gasteiger partial charge in [-0.3, -0.25) is 4.57 Å². The van der Waals surface area contributed by atoms with Crippen LogP contribution in [0.5, 0.6) is 11.5 Å². The molecule has 9 rings (SSSR count). The molecule has 1 aliphatic rings. The highest BCUT2D eigenvalue weighted by Gasteiger charge is 2.44. The van der Waals surface area contributed by atoms with E-state index in [0.717, 1.165) is 62.1 Å². The van der Waals surface area contributed by atoms with Gasteiger partial charge < -0.3 is 14.4 Å². The highest BCUT2D eigenvalue weighted by atomic mass is 16.5. The van der Waals surface area contributed by atoms with E-state index < -0.39 is 0 Å². The fourth-order valence-electron chi connectivity index (χ4n) is 7.28. The maximum Gasteiger partial charge on any atom is 0.421 e. The number of pyridine rings is 2. The zero-order valence-electron chi connectivity index (χ0n) is 28.8. The van der Waals surface area contributed by atoms with Crippen LogP contribution in [0.2, 0.25) is 0 Å². The van der Waals surface area contributed by atoms with Crippen LogP contribution in [-0.4, -0.2) is 21.5 Å². The summed E-state index contributed by atoms with van der Waals surface area (Å²) in [6.07, 6.45) is 3.76. The third-order valence-corrected chi connectivity index (χ3v) is 9.70. The summed E-state index contributed by atoms with van der Waals surface area (Å²) >= 11 is 0. The molecule has 4 heterocycles. The Morgan fingerprint density at radius 1 is 0.529 bits per heavy atom. The number of hydrogen-bond donors (Lipinski definition) is 0. The van der Waals surface area contributed by atoms with Gasteiger partial charge in [0.1, 0.15) is 23.1 Å². The number of nitrogens with zero attached hydrogens (tertiary/aromatic N) is 5. The van der Waals surface area contributed by atoms with Gasteiger partial charge in [0.25, 0.3) is 0 Å². The van der Waals surface area contributed by atoms with Crippen LogP contribution < -0.4 is 19.8 Å². The van der Waals surface area contributed by atoms with Crippen LogP contribution in [0.25, 0.3) is 27.6 Å². The molecule has 1 aliphatic heterocycles. The lowest BCUT2D eigenvalue weighted by Crippen LogP contribution is -2.53. The van der Waals surface area contributed by atoms with E-state index in [9.17, 15) is 0 Å². The second-order valence-corrected chi connectivity index (χ2v) is 14.0. The maximum atomic E-state index is 6.74. The molecule has 0 spiro atoms. The largest absolute Gasteiger partial charge is 0.457 e. The highest BCUT2D eigenvalue weighted by Crippen LogP contribution is 2.48. The van der Waals surface area contributed by atoms with Crippen molar-refractivity contribution in [2.45, 2.75) is 26.2 Å². The van der Waals surface area contributed by atoms with Crippen molar-refractivity contribution in [2.24, 2.45) is 0 Å². The lowest BCUT2D eigenvalue weighted by atomic mass is 9.65. The molecule has 0 atom stereocenters. The van der Waals surface area contributed by atoms with Gasteiger partial charge >= 0.3 is 6.98 Å². The number of ether oxygens (including phenoxy) is 1. The molecule has 7 heteroatoms. The minimum Gasteiger partial charge on any atom is -0.457 e. The van der Waals surface area contributed by atoms with Gasteiger partial charge in [0, 0.05) is 41.0 Å². The number of aromatic nitrogens is 3. The average molecular weight is 662 g/mol. The molecule has 3 aromatic heterocycles. The summed E-state index contributed by atoms with van der Waals surface area (Å²) < 4.78 is 8.99. The van der Waals surface area contributed by atoms with Crippen molar-refractivity contribution in [3.8, 4) is 17.3 Å². The topological polar surface area (TPSA) is 46.4 Å². The fourth-order valence-corrected chi connectivity index (χ4v) is 7.28. The predicted octanol–water partition coefficient (Wildman–Crippen LogP) is 10.3. The van der Waals surface area contributed by atoms with Crippen molar-refractivity contribution in [1.82, 2.24) is 14.5 Å². The Morgan fingerprint density at radius 2 is 1.22 bits per heavy atom. The van der Waals surface area contributed by atoms with Crippen LogP contribution in [0.15, 0.2) is 164 Å². The molecule has 5 aromatic carbocycles. The van der Waals surface area contributed by atoms with Crippen LogP contribution in [-0.2, 0) is 5.41 Å². The van der Waals surface area contributed by atoms with E-state index in [1.54, 1.807) is 0 Å². The monoisotopic (exact) mass is 661 g/mol. The van der Waals surface area contributed by atoms with Crippen LogP contribution in [0.4, 0.5) is 22.9 Å². The second-order valence-electron chi connectivity index (χ2n) is 14.0. The van der Waals surface area contributed by atoms with Gasteiger partial charge in [-0.05, 0) is 83.2 Å². The first-order chi connectivity index (χ1) is 24.9. The average Bonchev–Trinajstić information content (AvgIpc) is 3.68. The maximum absolute atomic E-state index is 6.74. The number of anilines is 4. The number of benzene rings is 5. The minimum absolute atomic E-state index is 0.00292. The lowest BCUT2D eigenvalue weighted by molar-refractivity contribution is 0.483.